The van der Waals surface area contributed by atoms with E-state index in [1.54, 1.807) is 0 Å². The maximum Gasteiger partial charge on any atom is 0.419 e. The standard InChI is InChI=1S/C18H35NO4.C17H35NO2/c1-3-5-7-8-9-10-11-12-14-16-23-18(22)19(17(20)21)15-13-6-4-2;1-3-5-7-8-9-10-11-12-14-16-20-17(19)18-15-13-6-4-2/h3-16H2,1-2H3,(H,20,21);3-16H2,1-2H3,(H,18,19). The SMILES string of the molecule is CCCCCCCCCCCOC(=O)N(CCCCC)C(=O)O.CCCCCCCCCCCOC(=O)NCCCCC. The highest BCUT2D eigenvalue weighted by Crippen LogP contribution is 2.11. The van der Waals surface area contributed by atoms with Crippen molar-refractivity contribution in [1.29, 1.82) is 0 Å². The molecule has 2 N–H and O–H groups in total. The van der Waals surface area contributed by atoms with Crippen LogP contribution in [0.3, 0.4) is 0 Å². The van der Waals surface area contributed by atoms with Gasteiger partial charge in [-0.05, 0) is 25.7 Å². The predicted molar refractivity (Wildman–Crippen MR) is 179 cm³/mol. The molecule has 0 radical (unpaired) electrons. The molecule has 8 nitrogen and oxygen atoms in total. The highest BCUT2D eigenvalue weighted by atomic mass is 16.6. The van der Waals surface area contributed by atoms with E-state index in [-0.39, 0.29) is 12.6 Å². The number of hydrogen-bond donors (Lipinski definition) is 2. The number of nitrogens with one attached hydrogen (secondary N) is 1. The molecule has 256 valence electrons. The maximum absolute atomic E-state index is 11.7. The molecule has 0 unspecified atom stereocenters. The van der Waals surface area contributed by atoms with Crippen LogP contribution >= 0.6 is 0 Å². The summed E-state index contributed by atoms with van der Waals surface area (Å²) in [5.41, 5.74) is 0. The molecule has 0 aliphatic rings. The second-order valence-electron chi connectivity index (χ2n) is 11.7. The van der Waals surface area contributed by atoms with E-state index in [4.69, 9.17) is 14.6 Å². The smallest absolute Gasteiger partial charge is 0.419 e. The lowest BCUT2D eigenvalue weighted by Gasteiger charge is -2.16. The minimum absolute atomic E-state index is 0.222. The molecule has 8 heteroatoms. The van der Waals surface area contributed by atoms with Gasteiger partial charge in [0.25, 0.3) is 0 Å². The summed E-state index contributed by atoms with van der Waals surface area (Å²) in [6, 6.07) is 0. The number of amides is 3. The number of ether oxygens (including phenoxy) is 2. The van der Waals surface area contributed by atoms with Gasteiger partial charge in [0.1, 0.15) is 0 Å². The number of carbonyl (C=O) groups excluding carboxylic acids is 2. The quantitative estimate of drug-likeness (QED) is 0.0849. The van der Waals surface area contributed by atoms with Gasteiger partial charge in [0.15, 0.2) is 0 Å². The first-order chi connectivity index (χ1) is 20.9. The van der Waals surface area contributed by atoms with E-state index in [1.165, 1.54) is 103 Å². The van der Waals surface area contributed by atoms with Crippen LogP contribution in [-0.2, 0) is 9.47 Å². The number of rotatable bonds is 28. The number of alkyl carbamates (subject to hydrolysis) is 1. The van der Waals surface area contributed by atoms with Crippen molar-refractivity contribution in [3.63, 3.8) is 0 Å². The summed E-state index contributed by atoms with van der Waals surface area (Å²) >= 11 is 0. The van der Waals surface area contributed by atoms with Gasteiger partial charge in [0.2, 0.25) is 0 Å². The molecule has 0 spiro atoms. The molecular weight excluding hydrogens is 544 g/mol. The zero-order valence-corrected chi connectivity index (χ0v) is 28.7. The van der Waals surface area contributed by atoms with Crippen LogP contribution in [0.25, 0.3) is 0 Å². The molecule has 3 amide bonds. The summed E-state index contributed by atoms with van der Waals surface area (Å²) in [6.07, 6.45) is 26.1. The lowest BCUT2D eigenvalue weighted by atomic mass is 10.1. The number of nitrogens with zero attached hydrogens (tertiary/aromatic N) is 1. The Balaban J connectivity index is 0. The Bertz CT molecular complexity index is 617. The Morgan fingerprint density at radius 1 is 0.512 bits per heavy atom. The van der Waals surface area contributed by atoms with Gasteiger partial charge >= 0.3 is 18.3 Å². The molecular formula is C35H70N2O6. The second-order valence-corrected chi connectivity index (χ2v) is 11.7. The number of imide groups is 1. The van der Waals surface area contributed by atoms with E-state index in [0.717, 1.165) is 56.4 Å². The molecule has 0 aromatic heterocycles. The molecule has 0 heterocycles. The predicted octanol–water partition coefficient (Wildman–Crippen LogP) is 11.3. The van der Waals surface area contributed by atoms with Crippen LogP contribution in [0.5, 0.6) is 0 Å². The molecule has 0 aromatic carbocycles. The van der Waals surface area contributed by atoms with Gasteiger partial charge in [0, 0.05) is 13.1 Å². The second kappa shape index (κ2) is 36.2. The van der Waals surface area contributed by atoms with Crippen LogP contribution in [0, 0.1) is 0 Å². The first-order valence-electron chi connectivity index (χ1n) is 18.0. The highest BCUT2D eigenvalue weighted by molar-refractivity contribution is 5.86. The number of carbonyl (C=O) groups is 3. The number of unbranched alkanes of at least 4 members (excludes halogenated alkanes) is 20. The fraction of sp³-hybridized carbons (Fsp3) is 0.914. The largest absolute Gasteiger partial charge is 0.465 e. The van der Waals surface area contributed by atoms with Gasteiger partial charge in [-0.25, -0.2) is 19.3 Å². The van der Waals surface area contributed by atoms with Crippen molar-refractivity contribution in [1.82, 2.24) is 10.2 Å². The van der Waals surface area contributed by atoms with Gasteiger partial charge in [-0.15, -0.1) is 0 Å². The lowest BCUT2D eigenvalue weighted by molar-refractivity contribution is 0.0924. The van der Waals surface area contributed by atoms with E-state index in [0.29, 0.717) is 19.6 Å². The first kappa shape index (κ1) is 43.1. The average molecular weight is 615 g/mol. The third-order valence-electron chi connectivity index (χ3n) is 7.44. The lowest BCUT2D eigenvalue weighted by Crippen LogP contribution is -2.37. The zero-order chi connectivity index (χ0) is 32.2. The van der Waals surface area contributed by atoms with E-state index < -0.39 is 12.2 Å². The number of carboxylic acid groups (broad SMARTS) is 1. The van der Waals surface area contributed by atoms with E-state index >= 15 is 0 Å². The van der Waals surface area contributed by atoms with Crippen molar-refractivity contribution in [2.75, 3.05) is 26.3 Å². The summed E-state index contributed by atoms with van der Waals surface area (Å²) in [7, 11) is 0. The third kappa shape index (κ3) is 34.4. The normalized spacial score (nSPS) is 10.5. The van der Waals surface area contributed by atoms with Crippen molar-refractivity contribution in [3.05, 3.63) is 0 Å². The fourth-order valence-electron chi connectivity index (χ4n) is 4.63. The summed E-state index contributed by atoms with van der Waals surface area (Å²) in [5, 5.41) is 11.8. The van der Waals surface area contributed by atoms with E-state index in [9.17, 15) is 14.4 Å². The Morgan fingerprint density at radius 3 is 1.33 bits per heavy atom. The van der Waals surface area contributed by atoms with Crippen LogP contribution in [-0.4, -0.2) is 54.6 Å². The molecule has 0 rings (SSSR count). The molecule has 0 fully saturated rings. The monoisotopic (exact) mass is 615 g/mol. The van der Waals surface area contributed by atoms with Crippen LogP contribution in [0.2, 0.25) is 0 Å². The molecule has 0 saturated carbocycles. The van der Waals surface area contributed by atoms with Crippen molar-refractivity contribution in [3.8, 4) is 0 Å². The van der Waals surface area contributed by atoms with Crippen LogP contribution < -0.4 is 5.32 Å². The minimum atomic E-state index is -1.22. The molecule has 0 saturated heterocycles. The number of hydrogen-bond acceptors (Lipinski definition) is 5. The molecule has 0 aliphatic carbocycles. The average Bonchev–Trinajstić information content (AvgIpc) is 2.99. The van der Waals surface area contributed by atoms with E-state index in [2.05, 4.69) is 26.1 Å². The van der Waals surface area contributed by atoms with Crippen molar-refractivity contribution in [2.24, 2.45) is 0 Å². The Labute approximate surface area is 265 Å². The summed E-state index contributed by atoms with van der Waals surface area (Å²) in [4.78, 5) is 34.9. The fourth-order valence-corrected chi connectivity index (χ4v) is 4.63. The van der Waals surface area contributed by atoms with Gasteiger partial charge in [0.05, 0.1) is 13.2 Å². The summed E-state index contributed by atoms with van der Waals surface area (Å²) < 4.78 is 10.2. The Morgan fingerprint density at radius 2 is 0.884 bits per heavy atom. The van der Waals surface area contributed by atoms with Crippen LogP contribution in [0.4, 0.5) is 14.4 Å². The van der Waals surface area contributed by atoms with Crippen molar-refractivity contribution < 1.29 is 29.0 Å². The van der Waals surface area contributed by atoms with Gasteiger partial charge in [-0.3, -0.25) is 0 Å². The zero-order valence-electron chi connectivity index (χ0n) is 28.7. The van der Waals surface area contributed by atoms with Crippen LogP contribution in [0.15, 0.2) is 0 Å². The highest BCUT2D eigenvalue weighted by Gasteiger charge is 2.21. The Kier molecular flexibility index (Phi) is 36.3. The summed E-state index contributed by atoms with van der Waals surface area (Å²) in [5.74, 6) is 0. The Hall–Kier alpha value is -1.99. The van der Waals surface area contributed by atoms with Gasteiger partial charge in [-0.2, -0.15) is 0 Å². The van der Waals surface area contributed by atoms with Gasteiger partial charge < -0.3 is 19.9 Å². The molecule has 43 heavy (non-hydrogen) atoms. The molecule has 0 atom stereocenters. The van der Waals surface area contributed by atoms with Crippen molar-refractivity contribution >= 4 is 18.3 Å². The first-order valence-corrected chi connectivity index (χ1v) is 18.0. The van der Waals surface area contributed by atoms with Crippen molar-refractivity contribution in [2.45, 2.75) is 182 Å². The third-order valence-corrected chi connectivity index (χ3v) is 7.44. The maximum atomic E-state index is 11.7. The van der Waals surface area contributed by atoms with Crippen LogP contribution in [0.1, 0.15) is 182 Å². The minimum Gasteiger partial charge on any atom is -0.465 e. The van der Waals surface area contributed by atoms with Gasteiger partial charge in [-0.1, -0.05) is 156 Å². The molecule has 0 aliphatic heterocycles. The molecule has 0 aromatic rings. The molecule has 0 bridgehead atoms. The van der Waals surface area contributed by atoms with E-state index in [1.807, 2.05) is 6.92 Å². The summed E-state index contributed by atoms with van der Waals surface area (Å²) in [6.45, 7) is 10.5. The topological polar surface area (TPSA) is 105 Å².